The lowest BCUT2D eigenvalue weighted by atomic mass is 9.49. The van der Waals surface area contributed by atoms with Crippen LogP contribution in [0.2, 0.25) is 0 Å². The van der Waals surface area contributed by atoms with E-state index < -0.39 is 22.7 Å². The lowest BCUT2D eigenvalue weighted by Crippen LogP contribution is -2.71. The van der Waals surface area contributed by atoms with Crippen LogP contribution in [-0.4, -0.2) is 46.4 Å². The smallest absolute Gasteiger partial charge is 0.410 e. The largest absolute Gasteiger partial charge is 0.481 e. The number of ether oxygens (including phenoxy) is 1. The van der Waals surface area contributed by atoms with Crippen LogP contribution in [0, 0.1) is 10.8 Å². The summed E-state index contributed by atoms with van der Waals surface area (Å²) < 4.78 is 20.0. The number of rotatable bonds is 2. The van der Waals surface area contributed by atoms with Crippen LogP contribution in [-0.2, 0) is 9.53 Å². The molecule has 0 atom stereocenters. The van der Waals surface area contributed by atoms with Crippen molar-refractivity contribution in [2.75, 3.05) is 13.1 Å². The Balaban J connectivity index is 1.90. The summed E-state index contributed by atoms with van der Waals surface area (Å²) >= 11 is 0. The molecule has 1 saturated carbocycles. The Bertz CT molecular complexity index is 467. The first-order valence-electron chi connectivity index (χ1n) is 7.21. The van der Waals surface area contributed by atoms with Crippen LogP contribution in [0.3, 0.4) is 0 Å². The number of carboxylic acid groups (broad SMARTS) is 1. The van der Waals surface area contributed by atoms with Crippen molar-refractivity contribution in [1.82, 2.24) is 4.90 Å². The zero-order chi connectivity index (χ0) is 16.3. The maximum Gasteiger partial charge on any atom is 0.410 e. The van der Waals surface area contributed by atoms with Crippen molar-refractivity contribution in [2.24, 2.45) is 10.8 Å². The Labute approximate surface area is 124 Å². The summed E-state index contributed by atoms with van der Waals surface area (Å²) in [7, 11) is 0. The molecule has 2 fully saturated rings. The topological polar surface area (TPSA) is 66.8 Å². The first-order chi connectivity index (χ1) is 9.30. The Morgan fingerprint density at radius 3 is 2.00 bits per heavy atom. The average Bonchev–Trinajstić information content (AvgIpc) is 2.17. The summed E-state index contributed by atoms with van der Waals surface area (Å²) in [4.78, 5) is 24.6. The van der Waals surface area contributed by atoms with E-state index in [1.165, 1.54) is 13.8 Å². The van der Waals surface area contributed by atoms with Gasteiger partial charge in [-0.25, -0.2) is 9.18 Å². The van der Waals surface area contributed by atoms with E-state index in [0.717, 1.165) is 0 Å². The van der Waals surface area contributed by atoms with Crippen LogP contribution < -0.4 is 0 Å². The maximum absolute atomic E-state index is 14.7. The molecule has 0 unspecified atom stereocenters. The summed E-state index contributed by atoms with van der Waals surface area (Å²) in [5, 5.41) is 9.15. The predicted molar refractivity (Wildman–Crippen MR) is 74.7 cm³/mol. The Kier molecular flexibility index (Phi) is 3.31. The molecule has 1 saturated heterocycles. The molecule has 6 heteroatoms. The molecule has 1 amide bonds. The minimum Gasteiger partial charge on any atom is -0.481 e. The highest BCUT2D eigenvalue weighted by Crippen LogP contribution is 2.62. The highest BCUT2D eigenvalue weighted by molar-refractivity contribution is 5.76. The molecule has 1 aliphatic carbocycles. The number of carboxylic acids is 1. The maximum atomic E-state index is 14.7. The fraction of sp³-hybridized carbons (Fsp3) is 0.867. The number of nitrogens with zero attached hydrogens (tertiary/aromatic N) is 1. The van der Waals surface area contributed by atoms with E-state index >= 15 is 0 Å². The SMILES string of the molecule is CC(C)(C)OC(=O)N1CC2(C1)CC(F)(C(C)(C)C(=O)O)C2. The molecular formula is C15H24FNO4. The summed E-state index contributed by atoms with van der Waals surface area (Å²) in [6.45, 7) is 9.13. The van der Waals surface area contributed by atoms with E-state index in [9.17, 15) is 14.0 Å². The third kappa shape index (κ3) is 2.60. The van der Waals surface area contributed by atoms with Gasteiger partial charge in [0.05, 0.1) is 5.41 Å². The second kappa shape index (κ2) is 4.34. The summed E-state index contributed by atoms with van der Waals surface area (Å²) in [6.07, 6.45) is -0.000951. The highest BCUT2D eigenvalue weighted by Gasteiger charge is 2.68. The van der Waals surface area contributed by atoms with Gasteiger partial charge in [0.2, 0.25) is 0 Å². The number of halogens is 1. The molecule has 1 aliphatic heterocycles. The lowest BCUT2D eigenvalue weighted by Gasteiger charge is -2.63. The molecular weight excluding hydrogens is 277 g/mol. The average molecular weight is 301 g/mol. The molecule has 0 radical (unpaired) electrons. The van der Waals surface area contributed by atoms with Gasteiger partial charge in [0.25, 0.3) is 0 Å². The van der Waals surface area contributed by atoms with Crippen molar-refractivity contribution >= 4 is 12.1 Å². The van der Waals surface area contributed by atoms with Gasteiger partial charge in [0.15, 0.2) is 0 Å². The van der Waals surface area contributed by atoms with Gasteiger partial charge in [-0.05, 0) is 47.5 Å². The number of aliphatic carboxylic acids is 1. The third-order valence-electron chi connectivity index (χ3n) is 4.67. The molecule has 0 bridgehead atoms. The summed E-state index contributed by atoms with van der Waals surface area (Å²) in [5.74, 6) is -1.12. The quantitative estimate of drug-likeness (QED) is 0.851. The van der Waals surface area contributed by atoms with Crippen molar-refractivity contribution in [3.05, 3.63) is 0 Å². The number of hydrogen-bond acceptors (Lipinski definition) is 3. The standard InChI is InChI=1S/C15H24FNO4/c1-12(2,3)21-11(20)17-8-14(9-17)6-15(16,7-14)13(4,5)10(18)19/h6-9H2,1-5H3,(H,18,19). The first-order valence-corrected chi connectivity index (χ1v) is 7.21. The van der Waals surface area contributed by atoms with Gasteiger partial charge in [-0.1, -0.05) is 0 Å². The van der Waals surface area contributed by atoms with Gasteiger partial charge < -0.3 is 14.7 Å². The van der Waals surface area contributed by atoms with E-state index in [1.54, 1.807) is 25.7 Å². The second-order valence-electron chi connectivity index (χ2n) is 8.09. The van der Waals surface area contributed by atoms with Gasteiger partial charge in [0, 0.05) is 18.5 Å². The number of hydrogen-bond donors (Lipinski definition) is 1. The fourth-order valence-corrected chi connectivity index (χ4v) is 3.21. The molecule has 0 aromatic rings. The van der Waals surface area contributed by atoms with Crippen LogP contribution in [0.25, 0.3) is 0 Å². The van der Waals surface area contributed by atoms with Crippen LogP contribution in [0.4, 0.5) is 9.18 Å². The van der Waals surface area contributed by atoms with E-state index in [-0.39, 0.29) is 24.3 Å². The van der Waals surface area contributed by atoms with Crippen LogP contribution in [0.1, 0.15) is 47.5 Å². The summed E-state index contributed by atoms with van der Waals surface area (Å²) in [6, 6.07) is 0. The molecule has 1 heterocycles. The molecule has 120 valence electrons. The van der Waals surface area contributed by atoms with Gasteiger partial charge in [-0.15, -0.1) is 0 Å². The second-order valence-corrected chi connectivity index (χ2v) is 8.09. The lowest BCUT2D eigenvalue weighted by molar-refractivity contribution is -0.204. The molecule has 2 aliphatic rings. The van der Waals surface area contributed by atoms with Crippen molar-refractivity contribution in [3.8, 4) is 0 Å². The molecule has 21 heavy (non-hydrogen) atoms. The van der Waals surface area contributed by atoms with Gasteiger partial charge in [0.1, 0.15) is 11.3 Å². The normalized spacial score (nSPS) is 23.2. The molecule has 1 N–H and O–H groups in total. The summed E-state index contributed by atoms with van der Waals surface area (Å²) in [5.41, 5.74) is -3.91. The first kappa shape index (κ1) is 16.0. The van der Waals surface area contributed by atoms with Crippen LogP contribution in [0.15, 0.2) is 0 Å². The molecule has 5 nitrogen and oxygen atoms in total. The zero-order valence-electron chi connectivity index (χ0n) is 13.3. The molecule has 2 rings (SSSR count). The van der Waals surface area contributed by atoms with Crippen molar-refractivity contribution in [1.29, 1.82) is 0 Å². The van der Waals surface area contributed by atoms with E-state index in [0.29, 0.717) is 13.1 Å². The minimum absolute atomic E-state index is 0.193. The fourth-order valence-electron chi connectivity index (χ4n) is 3.21. The van der Waals surface area contributed by atoms with Gasteiger partial charge in [-0.2, -0.15) is 0 Å². The van der Waals surface area contributed by atoms with Crippen LogP contribution in [0.5, 0.6) is 0 Å². The Hall–Kier alpha value is -1.33. The molecule has 0 aromatic heterocycles. The van der Waals surface area contributed by atoms with E-state index in [1.807, 2.05) is 0 Å². The van der Waals surface area contributed by atoms with E-state index in [4.69, 9.17) is 9.84 Å². The third-order valence-corrected chi connectivity index (χ3v) is 4.67. The Morgan fingerprint density at radius 2 is 1.62 bits per heavy atom. The van der Waals surface area contributed by atoms with Gasteiger partial charge >= 0.3 is 12.1 Å². The Morgan fingerprint density at radius 1 is 1.14 bits per heavy atom. The number of carbonyl (C=O) groups excluding carboxylic acids is 1. The highest BCUT2D eigenvalue weighted by atomic mass is 19.1. The predicted octanol–water partition coefficient (Wildman–Crippen LogP) is 2.84. The van der Waals surface area contributed by atoms with Crippen molar-refractivity contribution < 1.29 is 23.8 Å². The monoisotopic (exact) mass is 301 g/mol. The van der Waals surface area contributed by atoms with E-state index in [2.05, 4.69) is 0 Å². The zero-order valence-corrected chi connectivity index (χ0v) is 13.3. The molecule has 0 aromatic carbocycles. The van der Waals surface area contributed by atoms with Crippen LogP contribution >= 0.6 is 0 Å². The number of amides is 1. The molecule has 1 spiro atoms. The van der Waals surface area contributed by atoms with Crippen molar-refractivity contribution in [3.63, 3.8) is 0 Å². The minimum atomic E-state index is -1.70. The van der Waals surface area contributed by atoms with Gasteiger partial charge in [-0.3, -0.25) is 4.79 Å². The van der Waals surface area contributed by atoms with Crippen molar-refractivity contribution in [2.45, 2.75) is 58.7 Å². The number of carbonyl (C=O) groups is 2. The number of alkyl halides is 1. The number of likely N-dealkylation sites (tertiary alicyclic amines) is 1.